The number of nitrogens with zero attached hydrogens (tertiary/aromatic N) is 1. The minimum Gasteiger partial charge on any atom is -0.475 e. The van der Waals surface area contributed by atoms with E-state index < -0.39 is 65.8 Å². The van der Waals surface area contributed by atoms with Gasteiger partial charge < -0.3 is 28.5 Å². The van der Waals surface area contributed by atoms with Gasteiger partial charge in [0.2, 0.25) is 12.4 Å². The van der Waals surface area contributed by atoms with Crippen LogP contribution in [0.2, 0.25) is 0 Å². The second-order valence-electron chi connectivity index (χ2n) is 6.95. The molecule has 0 saturated heterocycles. The molecule has 1 aliphatic rings. The minimum absolute atomic E-state index is 0.0966. The highest BCUT2D eigenvalue weighted by molar-refractivity contribution is 5.96. The van der Waals surface area contributed by atoms with Gasteiger partial charge in [-0.1, -0.05) is 0 Å². The van der Waals surface area contributed by atoms with Crippen LogP contribution < -0.4 is 9.47 Å². The van der Waals surface area contributed by atoms with Crippen LogP contribution >= 0.6 is 0 Å². The van der Waals surface area contributed by atoms with Gasteiger partial charge in [0.1, 0.15) is 11.5 Å². The van der Waals surface area contributed by atoms with Crippen molar-refractivity contribution in [2.45, 2.75) is 45.2 Å². The van der Waals surface area contributed by atoms with E-state index in [1.165, 1.54) is 6.92 Å². The van der Waals surface area contributed by atoms with Crippen molar-refractivity contribution < 1.29 is 69.5 Å². The lowest BCUT2D eigenvalue weighted by molar-refractivity contribution is -0.757. The fraction of sp³-hybridized carbons (Fsp3) is 0.474. The van der Waals surface area contributed by atoms with Crippen molar-refractivity contribution in [1.29, 1.82) is 0 Å². The van der Waals surface area contributed by atoms with Crippen LogP contribution in [-0.2, 0) is 23.8 Å². The molecule has 0 saturated carbocycles. The SMILES string of the molecule is Cc1cc(OC(F)(F)F)cc2c1O[C@H](C(F)(F)F)C(C(=O)OC(C)OC(=O)OCCCO[N+](=O)[O-])=C2. The molecule has 1 aromatic carbocycles. The summed E-state index contributed by atoms with van der Waals surface area (Å²) in [4.78, 5) is 37.9. The molecule has 0 aliphatic carbocycles. The molecule has 0 aromatic heterocycles. The summed E-state index contributed by atoms with van der Waals surface area (Å²) >= 11 is 0. The summed E-state index contributed by atoms with van der Waals surface area (Å²) in [5.41, 5.74) is -1.60. The number of benzene rings is 1. The molecule has 200 valence electrons. The Kier molecular flexibility index (Phi) is 8.82. The Bertz CT molecular complexity index is 1020. The summed E-state index contributed by atoms with van der Waals surface area (Å²) in [6.45, 7) is 1.36. The van der Waals surface area contributed by atoms with E-state index in [0.29, 0.717) is 6.08 Å². The molecule has 0 radical (unpaired) electrons. The first-order valence-electron chi connectivity index (χ1n) is 9.74. The molecule has 1 heterocycles. The van der Waals surface area contributed by atoms with E-state index in [2.05, 4.69) is 23.8 Å². The molecule has 11 nitrogen and oxygen atoms in total. The van der Waals surface area contributed by atoms with Crippen LogP contribution in [-0.4, -0.2) is 55.4 Å². The summed E-state index contributed by atoms with van der Waals surface area (Å²) in [5.74, 6) is -2.85. The van der Waals surface area contributed by atoms with Crippen LogP contribution in [0.15, 0.2) is 17.7 Å². The predicted molar refractivity (Wildman–Crippen MR) is 102 cm³/mol. The number of aryl methyl sites for hydroxylation is 1. The molecule has 1 aromatic rings. The molecular formula is C19H17F6NO10. The van der Waals surface area contributed by atoms with Crippen molar-refractivity contribution in [3.8, 4) is 11.5 Å². The lowest BCUT2D eigenvalue weighted by atomic mass is 9.99. The number of ether oxygens (including phenoxy) is 5. The zero-order valence-electron chi connectivity index (χ0n) is 18.3. The lowest BCUT2D eigenvalue weighted by Gasteiger charge is -2.29. The number of fused-ring (bicyclic) bond motifs is 1. The van der Waals surface area contributed by atoms with Crippen LogP contribution in [0.3, 0.4) is 0 Å². The second-order valence-corrected chi connectivity index (χ2v) is 6.95. The fourth-order valence-corrected chi connectivity index (χ4v) is 2.83. The monoisotopic (exact) mass is 533 g/mol. The molecule has 0 N–H and O–H groups in total. The third-order valence-electron chi connectivity index (χ3n) is 4.11. The summed E-state index contributed by atoms with van der Waals surface area (Å²) in [5, 5.41) is 8.92. The van der Waals surface area contributed by atoms with Gasteiger partial charge in [-0.05, 0) is 30.7 Å². The molecule has 17 heteroatoms. The Morgan fingerprint density at radius 3 is 2.39 bits per heavy atom. The van der Waals surface area contributed by atoms with E-state index in [9.17, 15) is 46.0 Å². The van der Waals surface area contributed by atoms with Gasteiger partial charge in [-0.3, -0.25) is 0 Å². The van der Waals surface area contributed by atoms with Gasteiger partial charge in [-0.15, -0.1) is 23.3 Å². The number of rotatable bonds is 9. The van der Waals surface area contributed by atoms with E-state index in [0.717, 1.165) is 19.1 Å². The quantitative estimate of drug-likeness (QED) is 0.113. The van der Waals surface area contributed by atoms with E-state index in [1.54, 1.807) is 0 Å². The average molecular weight is 533 g/mol. The fourth-order valence-electron chi connectivity index (χ4n) is 2.83. The first kappa shape index (κ1) is 28.3. The Balaban J connectivity index is 2.14. The first-order chi connectivity index (χ1) is 16.6. The Morgan fingerprint density at radius 2 is 1.81 bits per heavy atom. The topological polar surface area (TPSA) is 133 Å². The molecule has 0 amide bonds. The molecule has 0 fully saturated rings. The molecular weight excluding hydrogens is 516 g/mol. The van der Waals surface area contributed by atoms with Gasteiger partial charge >= 0.3 is 24.7 Å². The Morgan fingerprint density at radius 1 is 1.14 bits per heavy atom. The molecule has 1 aliphatic heterocycles. The van der Waals surface area contributed by atoms with Crippen LogP contribution in [0.25, 0.3) is 6.08 Å². The van der Waals surface area contributed by atoms with Crippen molar-refractivity contribution >= 4 is 18.2 Å². The van der Waals surface area contributed by atoms with Crippen LogP contribution in [0, 0.1) is 17.0 Å². The molecule has 1 unspecified atom stereocenters. The van der Waals surface area contributed by atoms with Crippen molar-refractivity contribution in [2.24, 2.45) is 0 Å². The molecule has 0 spiro atoms. The predicted octanol–water partition coefficient (Wildman–Crippen LogP) is 4.24. The van der Waals surface area contributed by atoms with E-state index in [1.807, 2.05) is 0 Å². The van der Waals surface area contributed by atoms with Gasteiger partial charge in [-0.25, -0.2) is 9.59 Å². The van der Waals surface area contributed by atoms with Gasteiger partial charge in [0.25, 0.3) is 5.09 Å². The van der Waals surface area contributed by atoms with Gasteiger partial charge in [0.05, 0.1) is 18.8 Å². The number of halogens is 6. The standard InChI is InChI=1S/C19H17F6NO10/c1-9-6-12(36-19(23,24)25)7-11-8-13(15(18(20,21)22)35-14(9)11)16(27)33-10(2)34-17(28)31-4-3-5-32-26(29)30/h6-8,10,15H,3-5H2,1-2H3/t10?,15-/m0/s1. The van der Waals surface area contributed by atoms with E-state index in [4.69, 9.17) is 4.74 Å². The highest BCUT2D eigenvalue weighted by Crippen LogP contribution is 2.41. The Labute approximate surface area is 197 Å². The number of hydrogen-bond acceptors (Lipinski definition) is 10. The van der Waals surface area contributed by atoms with Crippen LogP contribution in [0.4, 0.5) is 31.1 Å². The van der Waals surface area contributed by atoms with E-state index >= 15 is 0 Å². The maximum atomic E-state index is 13.6. The van der Waals surface area contributed by atoms with Crippen molar-refractivity contribution in [3.05, 3.63) is 38.9 Å². The second kappa shape index (κ2) is 11.2. The third kappa shape index (κ3) is 8.38. The highest BCUT2D eigenvalue weighted by atomic mass is 19.4. The number of alkyl halides is 6. The molecule has 36 heavy (non-hydrogen) atoms. The number of carbonyl (C=O) groups is 2. The summed E-state index contributed by atoms with van der Waals surface area (Å²) in [7, 11) is 0. The lowest BCUT2D eigenvalue weighted by Crippen LogP contribution is -2.41. The maximum Gasteiger partial charge on any atom is 0.573 e. The first-order valence-corrected chi connectivity index (χ1v) is 9.74. The summed E-state index contributed by atoms with van der Waals surface area (Å²) < 4.78 is 101. The molecule has 2 rings (SSSR count). The number of hydrogen-bond donors (Lipinski definition) is 0. The minimum atomic E-state index is -5.13. The van der Waals surface area contributed by atoms with Gasteiger partial charge in [0, 0.05) is 18.9 Å². The largest absolute Gasteiger partial charge is 0.573 e. The third-order valence-corrected chi connectivity index (χ3v) is 4.11. The van der Waals surface area contributed by atoms with Crippen LogP contribution in [0.1, 0.15) is 24.5 Å². The highest BCUT2D eigenvalue weighted by Gasteiger charge is 2.49. The number of esters is 1. The number of carbonyl (C=O) groups excluding carboxylic acids is 2. The zero-order valence-corrected chi connectivity index (χ0v) is 18.3. The summed E-state index contributed by atoms with van der Waals surface area (Å²) in [6.07, 6.45) is -15.7. The van der Waals surface area contributed by atoms with Gasteiger partial charge in [-0.2, -0.15) is 13.2 Å². The van der Waals surface area contributed by atoms with E-state index in [-0.39, 0.29) is 24.2 Å². The summed E-state index contributed by atoms with van der Waals surface area (Å²) in [6, 6.07) is 1.53. The average Bonchev–Trinajstić information content (AvgIpc) is 2.70. The van der Waals surface area contributed by atoms with Crippen LogP contribution in [0.5, 0.6) is 11.5 Å². The molecule has 0 bridgehead atoms. The Hall–Kier alpha value is -3.92. The zero-order chi connectivity index (χ0) is 27.3. The van der Waals surface area contributed by atoms with Crippen molar-refractivity contribution in [2.75, 3.05) is 13.2 Å². The normalized spacial score (nSPS) is 16.0. The van der Waals surface area contributed by atoms with Crippen molar-refractivity contribution in [1.82, 2.24) is 0 Å². The van der Waals surface area contributed by atoms with Gasteiger partial charge in [0.15, 0.2) is 0 Å². The molecule has 2 atom stereocenters. The smallest absolute Gasteiger partial charge is 0.475 e. The van der Waals surface area contributed by atoms with Crippen molar-refractivity contribution in [3.63, 3.8) is 0 Å². The maximum absolute atomic E-state index is 13.6.